The van der Waals surface area contributed by atoms with E-state index in [2.05, 4.69) is 78.5 Å². The molecule has 224 valence electrons. The minimum Gasteiger partial charge on any atom is -0.489 e. The molecule has 1 aliphatic heterocycles. The second-order valence-electron chi connectivity index (χ2n) is 11.8. The molecule has 43 heavy (non-hydrogen) atoms. The van der Waals surface area contributed by atoms with Crippen LogP contribution in [-0.4, -0.2) is 26.4 Å². The average molecular weight is 661 g/mol. The second kappa shape index (κ2) is 13.0. The van der Waals surface area contributed by atoms with Gasteiger partial charge in [-0.15, -0.1) is 5.10 Å². The molecule has 2 N–H and O–H groups in total. The molecule has 1 aliphatic rings. The van der Waals surface area contributed by atoms with Crippen LogP contribution >= 0.6 is 27.7 Å². The van der Waals surface area contributed by atoms with Crippen molar-refractivity contribution in [3.8, 4) is 5.75 Å². The van der Waals surface area contributed by atoms with Crippen LogP contribution in [0.2, 0.25) is 0 Å². The number of halogens is 1. The molecule has 4 aromatic rings. The van der Waals surface area contributed by atoms with Crippen LogP contribution in [0.4, 0.5) is 11.6 Å². The molecule has 7 nitrogen and oxygen atoms in total. The maximum absolute atomic E-state index is 14.0. The van der Waals surface area contributed by atoms with Gasteiger partial charge in [-0.1, -0.05) is 97.3 Å². The number of nitrogens with zero attached hydrogens (tertiary/aromatic N) is 3. The summed E-state index contributed by atoms with van der Waals surface area (Å²) in [5.74, 6) is 1.95. The SMILES string of the molecule is CCCSc1nc2n(n1)C(c1cc(Br)ccc1OCc1ccc(C(C)(C)C)cc1)C(C(=O)Nc1ccc(C)cc1)=C(C)N2. The van der Waals surface area contributed by atoms with Crippen molar-refractivity contribution < 1.29 is 9.53 Å². The van der Waals surface area contributed by atoms with Crippen molar-refractivity contribution in [1.29, 1.82) is 0 Å². The van der Waals surface area contributed by atoms with E-state index in [1.54, 1.807) is 11.8 Å². The molecule has 0 saturated heterocycles. The topological polar surface area (TPSA) is 81.1 Å². The number of aryl methyl sites for hydroxylation is 1. The van der Waals surface area contributed by atoms with Gasteiger partial charge in [-0.2, -0.15) is 4.98 Å². The summed E-state index contributed by atoms with van der Waals surface area (Å²) < 4.78 is 9.16. The summed E-state index contributed by atoms with van der Waals surface area (Å²) in [6, 6.07) is 21.7. The Hall–Kier alpha value is -3.56. The molecule has 0 spiro atoms. The summed E-state index contributed by atoms with van der Waals surface area (Å²) in [7, 11) is 0. The zero-order valence-electron chi connectivity index (χ0n) is 25.5. The molecule has 1 amide bonds. The number of fused-ring (bicyclic) bond motifs is 1. The van der Waals surface area contributed by atoms with Crippen molar-refractivity contribution in [3.63, 3.8) is 0 Å². The van der Waals surface area contributed by atoms with Crippen LogP contribution < -0.4 is 15.4 Å². The first-order valence-electron chi connectivity index (χ1n) is 14.5. The van der Waals surface area contributed by atoms with Crippen molar-refractivity contribution in [1.82, 2.24) is 14.8 Å². The van der Waals surface area contributed by atoms with Crippen LogP contribution in [0.25, 0.3) is 0 Å². The van der Waals surface area contributed by atoms with Gasteiger partial charge < -0.3 is 15.4 Å². The summed E-state index contributed by atoms with van der Waals surface area (Å²) in [6.07, 6.45) is 1.01. The van der Waals surface area contributed by atoms with E-state index in [1.165, 1.54) is 5.56 Å². The Morgan fingerprint density at radius 2 is 1.79 bits per heavy atom. The second-order valence-corrected chi connectivity index (χ2v) is 13.8. The lowest BCUT2D eigenvalue weighted by molar-refractivity contribution is -0.113. The maximum atomic E-state index is 14.0. The van der Waals surface area contributed by atoms with Crippen LogP contribution in [0.5, 0.6) is 5.75 Å². The summed E-state index contributed by atoms with van der Waals surface area (Å²) in [6.45, 7) is 13.1. The molecule has 5 rings (SSSR count). The number of nitrogens with one attached hydrogen (secondary N) is 2. The lowest BCUT2D eigenvalue weighted by Gasteiger charge is -2.30. The fourth-order valence-corrected chi connectivity index (χ4v) is 5.99. The Bertz CT molecular complexity index is 1640. The molecule has 9 heteroatoms. The number of carbonyl (C=O) groups is 1. The largest absolute Gasteiger partial charge is 0.489 e. The number of ether oxygens (including phenoxy) is 1. The first kappa shape index (κ1) is 30.9. The van der Waals surface area contributed by atoms with Gasteiger partial charge in [-0.3, -0.25) is 4.79 Å². The number of hydrogen-bond donors (Lipinski definition) is 2. The van der Waals surface area contributed by atoms with Gasteiger partial charge in [0.25, 0.3) is 5.91 Å². The number of allylic oxidation sites excluding steroid dienone is 1. The Labute approximate surface area is 266 Å². The van der Waals surface area contributed by atoms with Crippen molar-refractivity contribution in [2.24, 2.45) is 0 Å². The molecule has 2 heterocycles. The standard InChI is InChI=1S/C34H38BrN5O2S/c1-7-18-43-33-38-32-36-22(3)29(31(41)37-26-15-8-21(2)9-16-26)30(40(32)39-33)27-19-25(35)14-17-28(27)42-20-23-10-12-24(13-11-23)34(4,5)6/h8-17,19,30H,7,18,20H2,1-6H3,(H,37,41)(H,36,38,39). The summed E-state index contributed by atoms with van der Waals surface area (Å²) in [5, 5.41) is 12.0. The highest BCUT2D eigenvalue weighted by Crippen LogP contribution is 2.41. The number of aromatic nitrogens is 3. The highest BCUT2D eigenvalue weighted by molar-refractivity contribution is 9.10. The van der Waals surface area contributed by atoms with E-state index < -0.39 is 6.04 Å². The molecule has 0 aliphatic carbocycles. The first-order chi connectivity index (χ1) is 20.5. The minimum absolute atomic E-state index is 0.0802. The van der Waals surface area contributed by atoms with Gasteiger partial charge in [0.05, 0.1) is 5.57 Å². The van der Waals surface area contributed by atoms with Gasteiger partial charge in [-0.25, -0.2) is 4.68 Å². The number of thioether (sulfide) groups is 1. The van der Waals surface area contributed by atoms with Gasteiger partial charge in [0.1, 0.15) is 18.4 Å². The smallest absolute Gasteiger partial charge is 0.255 e. The molecule has 0 bridgehead atoms. The number of anilines is 2. The predicted molar refractivity (Wildman–Crippen MR) is 179 cm³/mol. The van der Waals surface area contributed by atoms with E-state index in [1.807, 2.05) is 61.0 Å². The van der Waals surface area contributed by atoms with Crippen molar-refractivity contribution >= 4 is 45.2 Å². The Kier molecular flexibility index (Phi) is 9.32. The van der Waals surface area contributed by atoms with Gasteiger partial charge in [-0.05, 0) is 67.1 Å². The van der Waals surface area contributed by atoms with E-state index in [9.17, 15) is 4.79 Å². The van der Waals surface area contributed by atoms with Gasteiger partial charge in [0, 0.05) is 27.2 Å². The molecular weight excluding hydrogens is 622 g/mol. The Balaban J connectivity index is 1.53. The molecule has 0 radical (unpaired) electrons. The molecule has 1 aromatic heterocycles. The number of carbonyl (C=O) groups excluding carboxylic acids is 1. The minimum atomic E-state index is -0.569. The molecule has 1 unspecified atom stereocenters. The summed E-state index contributed by atoms with van der Waals surface area (Å²) in [4.78, 5) is 18.8. The number of benzene rings is 3. The molecule has 0 fully saturated rings. The predicted octanol–water partition coefficient (Wildman–Crippen LogP) is 8.66. The number of amides is 1. The van der Waals surface area contributed by atoms with Gasteiger partial charge in [0.2, 0.25) is 11.1 Å². The summed E-state index contributed by atoms with van der Waals surface area (Å²) in [5.41, 5.74) is 6.34. The third-order valence-corrected chi connectivity index (χ3v) is 8.84. The lowest BCUT2D eigenvalue weighted by Crippen LogP contribution is -2.31. The third kappa shape index (κ3) is 7.16. The quantitative estimate of drug-likeness (QED) is 0.175. The zero-order valence-corrected chi connectivity index (χ0v) is 27.9. The van der Waals surface area contributed by atoms with Crippen LogP contribution in [-0.2, 0) is 16.8 Å². The number of hydrogen-bond acceptors (Lipinski definition) is 6. The fraction of sp³-hybridized carbons (Fsp3) is 0.324. The van der Waals surface area contributed by atoms with Crippen molar-refractivity contribution in [2.45, 2.75) is 71.2 Å². The Morgan fingerprint density at radius 1 is 1.07 bits per heavy atom. The van der Waals surface area contributed by atoms with E-state index in [0.717, 1.165) is 39.0 Å². The maximum Gasteiger partial charge on any atom is 0.255 e. The highest BCUT2D eigenvalue weighted by Gasteiger charge is 2.36. The molecule has 1 atom stereocenters. The Morgan fingerprint density at radius 3 is 2.47 bits per heavy atom. The molecule has 0 saturated carbocycles. The lowest BCUT2D eigenvalue weighted by atomic mass is 9.87. The van der Waals surface area contributed by atoms with Crippen molar-refractivity contribution in [2.75, 3.05) is 16.4 Å². The number of rotatable bonds is 9. The van der Waals surface area contributed by atoms with Gasteiger partial charge in [0.15, 0.2) is 0 Å². The first-order valence-corrected chi connectivity index (χ1v) is 16.3. The van der Waals surface area contributed by atoms with Crippen LogP contribution in [0.1, 0.15) is 69.3 Å². The van der Waals surface area contributed by atoms with Crippen LogP contribution in [0.15, 0.2) is 87.6 Å². The summed E-state index contributed by atoms with van der Waals surface area (Å²) >= 11 is 5.26. The fourth-order valence-electron chi connectivity index (χ4n) is 4.93. The van der Waals surface area contributed by atoms with E-state index in [0.29, 0.717) is 34.7 Å². The monoisotopic (exact) mass is 659 g/mol. The zero-order chi connectivity index (χ0) is 30.7. The normalized spacial score (nSPS) is 14.7. The van der Waals surface area contributed by atoms with E-state index >= 15 is 0 Å². The van der Waals surface area contributed by atoms with E-state index in [4.69, 9.17) is 14.8 Å². The molecule has 3 aromatic carbocycles. The molecular formula is C34H38BrN5O2S. The van der Waals surface area contributed by atoms with Crippen LogP contribution in [0, 0.1) is 6.92 Å². The third-order valence-electron chi connectivity index (χ3n) is 7.30. The average Bonchev–Trinajstić information content (AvgIpc) is 3.37. The van der Waals surface area contributed by atoms with E-state index in [-0.39, 0.29) is 11.3 Å². The van der Waals surface area contributed by atoms with Crippen molar-refractivity contribution in [3.05, 3.63) is 105 Å². The van der Waals surface area contributed by atoms with Crippen LogP contribution in [0.3, 0.4) is 0 Å². The van der Waals surface area contributed by atoms with Gasteiger partial charge >= 0.3 is 0 Å². The highest BCUT2D eigenvalue weighted by atomic mass is 79.9.